The Morgan fingerprint density at radius 3 is 2.65 bits per heavy atom. The van der Waals surface area contributed by atoms with Crippen molar-refractivity contribution in [1.82, 2.24) is 4.90 Å². The van der Waals surface area contributed by atoms with Crippen LogP contribution in [0.25, 0.3) is 6.08 Å². The minimum absolute atomic E-state index is 0.000564. The van der Waals surface area contributed by atoms with Gasteiger partial charge in [-0.3, -0.25) is 14.5 Å². The van der Waals surface area contributed by atoms with E-state index in [-0.39, 0.29) is 15.8 Å². The van der Waals surface area contributed by atoms with Crippen LogP contribution in [0, 0.1) is 0 Å². The Morgan fingerprint density at radius 1 is 1.35 bits per heavy atom. The molecule has 1 fully saturated rings. The predicted molar refractivity (Wildman–Crippen MR) is 101 cm³/mol. The van der Waals surface area contributed by atoms with Gasteiger partial charge in [0.05, 0.1) is 11.3 Å². The molecule has 136 valence electrons. The number of carboxylic acid groups (broad SMARTS) is 2. The number of thiocarbonyl (C=S) groups is 1. The largest absolute Gasteiger partial charge is 0.489 e. The molecule has 0 aliphatic carbocycles. The maximum Gasteiger partial charge on any atom is 0.327 e. The first-order valence-electron chi connectivity index (χ1n) is 7.39. The molecular weight excluding hydrogens is 378 g/mol. The lowest BCUT2D eigenvalue weighted by Gasteiger charge is -2.21. The molecule has 1 amide bonds. The number of carbonyl (C=O) groups is 3. The van der Waals surface area contributed by atoms with E-state index in [0.717, 1.165) is 16.7 Å². The highest BCUT2D eigenvalue weighted by molar-refractivity contribution is 8.26. The lowest BCUT2D eigenvalue weighted by atomic mass is 10.1. The van der Waals surface area contributed by atoms with Crippen LogP contribution in [0.1, 0.15) is 12.0 Å². The molecule has 1 aromatic rings. The van der Waals surface area contributed by atoms with Gasteiger partial charge in [-0.1, -0.05) is 54.8 Å². The summed E-state index contributed by atoms with van der Waals surface area (Å²) in [4.78, 5) is 35.9. The van der Waals surface area contributed by atoms with Crippen LogP contribution in [-0.4, -0.2) is 49.9 Å². The number of rotatable bonds is 8. The molecule has 2 rings (SSSR count). The fourth-order valence-corrected chi connectivity index (χ4v) is 3.57. The minimum Gasteiger partial charge on any atom is -0.489 e. The van der Waals surface area contributed by atoms with E-state index < -0.39 is 30.3 Å². The second-order valence-corrected chi connectivity index (χ2v) is 6.82. The first kappa shape index (κ1) is 19.7. The van der Waals surface area contributed by atoms with Gasteiger partial charge < -0.3 is 14.9 Å². The quantitative estimate of drug-likeness (QED) is 0.394. The minimum atomic E-state index is -1.56. The van der Waals surface area contributed by atoms with Crippen molar-refractivity contribution in [3.63, 3.8) is 0 Å². The van der Waals surface area contributed by atoms with E-state index >= 15 is 0 Å². The van der Waals surface area contributed by atoms with Crippen molar-refractivity contribution in [2.24, 2.45) is 0 Å². The normalized spacial score (nSPS) is 16.6. The summed E-state index contributed by atoms with van der Waals surface area (Å²) in [7, 11) is 0. The van der Waals surface area contributed by atoms with Crippen LogP contribution in [0.5, 0.6) is 5.75 Å². The fourth-order valence-electron chi connectivity index (χ4n) is 2.22. The summed E-state index contributed by atoms with van der Waals surface area (Å²) in [6, 6.07) is 5.43. The zero-order valence-corrected chi connectivity index (χ0v) is 15.1. The predicted octanol–water partition coefficient (Wildman–Crippen LogP) is 2.38. The molecule has 1 saturated heterocycles. The zero-order valence-electron chi connectivity index (χ0n) is 13.5. The molecule has 7 nitrogen and oxygen atoms in total. The van der Waals surface area contributed by atoms with Crippen LogP contribution in [0.3, 0.4) is 0 Å². The van der Waals surface area contributed by atoms with Gasteiger partial charge in [-0.05, 0) is 12.1 Å². The zero-order chi connectivity index (χ0) is 19.3. The standard InChI is InChI=1S/C17H15NO6S2/c1-2-7-24-12-6-4-3-5-10(12)8-13-15(21)18(17(25)26-13)11(16(22)23)9-14(19)20/h2-6,8,11H,1,7,9H2,(H,19,20)(H,22,23)/b13-8-/t11-/m0/s1. The Morgan fingerprint density at radius 2 is 2.04 bits per heavy atom. The molecule has 2 N–H and O–H groups in total. The van der Waals surface area contributed by atoms with Gasteiger partial charge in [-0.15, -0.1) is 0 Å². The lowest BCUT2D eigenvalue weighted by molar-refractivity contribution is -0.150. The van der Waals surface area contributed by atoms with Crippen molar-refractivity contribution in [3.8, 4) is 5.75 Å². The molecule has 9 heteroatoms. The van der Waals surface area contributed by atoms with Crippen molar-refractivity contribution in [1.29, 1.82) is 0 Å². The van der Waals surface area contributed by atoms with Gasteiger partial charge in [0.25, 0.3) is 5.91 Å². The Kier molecular flexibility index (Phi) is 6.53. The number of hydrogen-bond donors (Lipinski definition) is 2. The molecule has 0 spiro atoms. The lowest BCUT2D eigenvalue weighted by Crippen LogP contribution is -2.45. The van der Waals surface area contributed by atoms with Crippen molar-refractivity contribution < 1.29 is 29.3 Å². The van der Waals surface area contributed by atoms with Crippen LogP contribution >= 0.6 is 24.0 Å². The van der Waals surface area contributed by atoms with Crippen LogP contribution in [-0.2, 0) is 14.4 Å². The third-order valence-electron chi connectivity index (χ3n) is 3.35. The number of nitrogens with zero attached hydrogens (tertiary/aromatic N) is 1. The van der Waals surface area contributed by atoms with Crippen LogP contribution in [0.2, 0.25) is 0 Å². The molecule has 0 unspecified atom stereocenters. The van der Waals surface area contributed by atoms with Gasteiger partial charge in [0.1, 0.15) is 22.7 Å². The van der Waals surface area contributed by atoms with Gasteiger partial charge >= 0.3 is 11.9 Å². The molecule has 0 saturated carbocycles. The van der Waals surface area contributed by atoms with E-state index in [1.807, 2.05) is 0 Å². The highest BCUT2D eigenvalue weighted by Crippen LogP contribution is 2.36. The Hall–Kier alpha value is -2.65. The molecule has 1 aromatic carbocycles. The van der Waals surface area contributed by atoms with Crippen molar-refractivity contribution in [3.05, 3.63) is 47.4 Å². The summed E-state index contributed by atoms with van der Waals surface area (Å²) in [5, 5.41) is 18.2. The SMILES string of the molecule is C=CCOc1ccccc1/C=C1\SC(=S)N([C@@H](CC(=O)O)C(=O)O)C1=O. The Labute approximate surface area is 158 Å². The molecule has 1 heterocycles. The van der Waals surface area contributed by atoms with Crippen LogP contribution in [0.4, 0.5) is 0 Å². The monoisotopic (exact) mass is 393 g/mol. The third kappa shape index (κ3) is 4.50. The first-order valence-corrected chi connectivity index (χ1v) is 8.62. The van der Waals surface area contributed by atoms with Gasteiger partial charge in [-0.2, -0.15) is 0 Å². The van der Waals surface area contributed by atoms with Gasteiger partial charge in [0.2, 0.25) is 0 Å². The maximum atomic E-state index is 12.6. The highest BCUT2D eigenvalue weighted by Gasteiger charge is 2.41. The van der Waals surface area contributed by atoms with Crippen LogP contribution < -0.4 is 4.74 Å². The number of amides is 1. The molecule has 1 aliphatic heterocycles. The molecule has 1 atom stereocenters. The van der Waals surface area contributed by atoms with E-state index in [4.69, 9.17) is 22.1 Å². The topological polar surface area (TPSA) is 104 Å². The number of carbonyl (C=O) groups excluding carboxylic acids is 1. The summed E-state index contributed by atoms with van der Waals surface area (Å²) >= 11 is 6.01. The van der Waals surface area contributed by atoms with E-state index in [2.05, 4.69) is 6.58 Å². The molecular formula is C17H15NO6S2. The van der Waals surface area contributed by atoms with Crippen molar-refractivity contribution in [2.45, 2.75) is 12.5 Å². The first-order chi connectivity index (χ1) is 12.3. The van der Waals surface area contributed by atoms with Crippen molar-refractivity contribution >= 4 is 52.2 Å². The molecule has 26 heavy (non-hydrogen) atoms. The molecule has 1 aliphatic rings. The average Bonchev–Trinajstić information content (AvgIpc) is 2.85. The summed E-state index contributed by atoms with van der Waals surface area (Å²) < 4.78 is 5.52. The fraction of sp³-hybridized carbons (Fsp3) is 0.176. The smallest absolute Gasteiger partial charge is 0.327 e. The number of benzene rings is 1. The number of ether oxygens (including phenoxy) is 1. The molecule has 0 aromatic heterocycles. The van der Waals surface area contributed by atoms with E-state index in [1.165, 1.54) is 6.08 Å². The number of carboxylic acids is 2. The Balaban J connectivity index is 2.33. The number of thioether (sulfide) groups is 1. The third-order valence-corrected chi connectivity index (χ3v) is 4.68. The van der Waals surface area contributed by atoms with Gasteiger partial charge in [0, 0.05) is 5.56 Å². The second kappa shape index (κ2) is 8.63. The highest BCUT2D eigenvalue weighted by atomic mass is 32.2. The second-order valence-electron chi connectivity index (χ2n) is 5.14. The van der Waals surface area contributed by atoms with Crippen LogP contribution in [0.15, 0.2) is 41.8 Å². The number of hydrogen-bond acceptors (Lipinski definition) is 6. The summed E-state index contributed by atoms with van der Waals surface area (Å²) in [6.07, 6.45) is 2.38. The summed E-state index contributed by atoms with van der Waals surface area (Å²) in [5.74, 6) is -2.89. The van der Waals surface area contributed by atoms with Gasteiger partial charge in [-0.25, -0.2) is 4.79 Å². The van der Waals surface area contributed by atoms with E-state index in [0.29, 0.717) is 11.3 Å². The molecule has 0 radical (unpaired) electrons. The van der Waals surface area contributed by atoms with E-state index in [1.54, 1.807) is 30.3 Å². The molecule has 0 bridgehead atoms. The average molecular weight is 393 g/mol. The van der Waals surface area contributed by atoms with Crippen molar-refractivity contribution in [2.75, 3.05) is 6.61 Å². The Bertz CT molecular complexity index is 804. The van der Waals surface area contributed by atoms with E-state index in [9.17, 15) is 19.5 Å². The maximum absolute atomic E-state index is 12.6. The number of aliphatic carboxylic acids is 2. The summed E-state index contributed by atoms with van der Waals surface area (Å²) in [5.41, 5.74) is 0.611. The number of para-hydroxylation sites is 1. The van der Waals surface area contributed by atoms with Gasteiger partial charge in [0.15, 0.2) is 0 Å². The summed E-state index contributed by atoms with van der Waals surface area (Å²) in [6.45, 7) is 3.86.